The van der Waals surface area contributed by atoms with Gasteiger partial charge in [-0.05, 0) is 31.9 Å². The van der Waals surface area contributed by atoms with Crippen LogP contribution < -0.4 is 5.32 Å². The molecule has 1 fully saturated rings. The Balaban J connectivity index is 1.89. The Morgan fingerprint density at radius 3 is 2.82 bits per heavy atom. The summed E-state index contributed by atoms with van der Waals surface area (Å²) in [6, 6.07) is 3.85. The van der Waals surface area contributed by atoms with Crippen LogP contribution in [0.4, 0.5) is 0 Å². The first-order valence-corrected chi connectivity index (χ1v) is 6.99. The number of ether oxygens (including phenoxy) is 1. The van der Waals surface area contributed by atoms with Gasteiger partial charge in [0.15, 0.2) is 0 Å². The quantitative estimate of drug-likeness (QED) is 0.919. The molecule has 1 aliphatic heterocycles. The Kier molecular flexibility index (Phi) is 4.42. The number of halogens is 1. The maximum Gasteiger partial charge on any atom is 0.223 e. The second-order valence-electron chi connectivity index (χ2n) is 4.26. The number of rotatable bonds is 3. The molecule has 0 aromatic carbocycles. The molecule has 1 aromatic heterocycles. The minimum absolute atomic E-state index is 0.0304. The van der Waals surface area contributed by atoms with Gasteiger partial charge in [-0.3, -0.25) is 4.79 Å². The number of amides is 1. The fraction of sp³-hybridized carbons (Fsp3) is 0.583. The second-order valence-corrected chi connectivity index (χ2v) is 6.01. The Bertz CT molecular complexity index is 388. The first kappa shape index (κ1) is 12.9. The number of hydrogen-bond acceptors (Lipinski definition) is 3. The summed E-state index contributed by atoms with van der Waals surface area (Å²) in [5, 5.41) is 3.04. The lowest BCUT2D eigenvalue weighted by molar-refractivity contribution is -0.128. The summed E-state index contributed by atoms with van der Waals surface area (Å²) < 4.78 is 6.00. The third-order valence-corrected chi connectivity index (χ3v) is 4.39. The molecule has 5 heteroatoms. The van der Waals surface area contributed by atoms with E-state index >= 15 is 0 Å². The van der Waals surface area contributed by atoms with E-state index in [2.05, 4.69) is 5.32 Å². The molecule has 2 heterocycles. The van der Waals surface area contributed by atoms with Crippen molar-refractivity contribution in [2.75, 3.05) is 13.2 Å². The van der Waals surface area contributed by atoms with Gasteiger partial charge in [0.05, 0.1) is 10.4 Å². The summed E-state index contributed by atoms with van der Waals surface area (Å²) in [6.07, 6.45) is 1.65. The Hall–Kier alpha value is -0.580. The maximum atomic E-state index is 12.0. The average Bonchev–Trinajstić information content (AvgIpc) is 2.77. The van der Waals surface area contributed by atoms with Crippen molar-refractivity contribution in [2.24, 2.45) is 5.92 Å². The first-order valence-electron chi connectivity index (χ1n) is 5.80. The fourth-order valence-electron chi connectivity index (χ4n) is 1.92. The molecule has 94 valence electrons. The molecule has 3 nitrogen and oxygen atoms in total. The van der Waals surface area contributed by atoms with Crippen LogP contribution in [0, 0.1) is 5.92 Å². The number of hydrogen-bond donors (Lipinski definition) is 1. The van der Waals surface area contributed by atoms with Crippen LogP contribution in [0.25, 0.3) is 0 Å². The molecule has 2 rings (SSSR count). The molecule has 1 aromatic rings. The fourth-order valence-corrected chi connectivity index (χ4v) is 2.99. The summed E-state index contributed by atoms with van der Waals surface area (Å²) in [6.45, 7) is 3.37. The topological polar surface area (TPSA) is 38.3 Å². The van der Waals surface area contributed by atoms with Crippen LogP contribution in [-0.4, -0.2) is 19.1 Å². The highest BCUT2D eigenvalue weighted by Crippen LogP contribution is 2.27. The number of nitrogens with one attached hydrogen (secondary N) is 1. The van der Waals surface area contributed by atoms with Gasteiger partial charge in [-0.1, -0.05) is 11.6 Å². The van der Waals surface area contributed by atoms with Crippen molar-refractivity contribution in [3.8, 4) is 0 Å². The molecular weight excluding hydrogens is 258 g/mol. The second kappa shape index (κ2) is 5.85. The molecule has 0 bridgehead atoms. The Morgan fingerprint density at radius 1 is 1.53 bits per heavy atom. The van der Waals surface area contributed by atoms with E-state index in [0.717, 1.165) is 22.1 Å². The Labute approximate surface area is 110 Å². The molecule has 17 heavy (non-hydrogen) atoms. The minimum atomic E-state index is 0.0304. The summed E-state index contributed by atoms with van der Waals surface area (Å²) in [7, 11) is 0. The molecule has 1 N–H and O–H groups in total. The molecule has 0 spiro atoms. The van der Waals surface area contributed by atoms with Crippen molar-refractivity contribution in [1.82, 2.24) is 5.32 Å². The largest absolute Gasteiger partial charge is 0.381 e. The lowest BCUT2D eigenvalue weighted by Gasteiger charge is -2.23. The number of carbonyl (C=O) groups excluding carboxylic acids is 1. The van der Waals surface area contributed by atoms with Gasteiger partial charge < -0.3 is 10.1 Å². The third kappa shape index (κ3) is 3.44. The first-order chi connectivity index (χ1) is 8.16. The van der Waals surface area contributed by atoms with Gasteiger partial charge in [-0.2, -0.15) is 0 Å². The van der Waals surface area contributed by atoms with Crippen molar-refractivity contribution in [3.05, 3.63) is 21.3 Å². The van der Waals surface area contributed by atoms with Crippen LogP contribution in [0.1, 0.15) is 30.7 Å². The smallest absolute Gasteiger partial charge is 0.223 e. The average molecular weight is 274 g/mol. The third-order valence-electron chi connectivity index (χ3n) is 2.97. The zero-order valence-corrected chi connectivity index (χ0v) is 11.3. The number of carbonyl (C=O) groups is 1. The van der Waals surface area contributed by atoms with Gasteiger partial charge in [-0.25, -0.2) is 0 Å². The van der Waals surface area contributed by atoms with E-state index < -0.39 is 0 Å². The molecule has 1 atom stereocenters. The highest BCUT2D eigenvalue weighted by atomic mass is 35.5. The van der Waals surface area contributed by atoms with Crippen molar-refractivity contribution in [2.45, 2.75) is 25.8 Å². The van der Waals surface area contributed by atoms with Crippen LogP contribution in [-0.2, 0) is 9.53 Å². The molecule has 1 amide bonds. The van der Waals surface area contributed by atoms with Gasteiger partial charge >= 0.3 is 0 Å². The molecule has 1 saturated heterocycles. The maximum absolute atomic E-state index is 12.0. The highest BCUT2D eigenvalue weighted by molar-refractivity contribution is 7.16. The molecule has 0 radical (unpaired) electrons. The highest BCUT2D eigenvalue weighted by Gasteiger charge is 2.23. The van der Waals surface area contributed by atoms with E-state index in [-0.39, 0.29) is 17.9 Å². The van der Waals surface area contributed by atoms with Crippen LogP contribution in [0.15, 0.2) is 12.1 Å². The molecule has 1 unspecified atom stereocenters. The number of thiophene rings is 1. The van der Waals surface area contributed by atoms with Crippen molar-refractivity contribution in [3.63, 3.8) is 0 Å². The van der Waals surface area contributed by atoms with E-state index in [0.29, 0.717) is 13.2 Å². The van der Waals surface area contributed by atoms with E-state index in [1.54, 1.807) is 0 Å². The standard InChI is InChI=1S/C12H16ClNO2S/c1-8(10-2-3-11(13)17-10)14-12(15)9-4-6-16-7-5-9/h2-3,8-9H,4-7H2,1H3,(H,14,15). The molecule has 0 saturated carbocycles. The normalized spacial score (nSPS) is 18.9. The van der Waals surface area contributed by atoms with Crippen LogP contribution in [0.3, 0.4) is 0 Å². The van der Waals surface area contributed by atoms with Crippen molar-refractivity contribution in [1.29, 1.82) is 0 Å². The predicted molar refractivity (Wildman–Crippen MR) is 69.4 cm³/mol. The van der Waals surface area contributed by atoms with E-state index in [4.69, 9.17) is 16.3 Å². The summed E-state index contributed by atoms with van der Waals surface area (Å²) in [5.41, 5.74) is 0. The summed E-state index contributed by atoms with van der Waals surface area (Å²) in [5.74, 6) is 0.229. The SMILES string of the molecule is CC(NC(=O)C1CCOCC1)c1ccc(Cl)s1. The lowest BCUT2D eigenvalue weighted by Crippen LogP contribution is -2.35. The summed E-state index contributed by atoms with van der Waals surface area (Å²) >= 11 is 7.39. The minimum Gasteiger partial charge on any atom is -0.381 e. The van der Waals surface area contributed by atoms with Crippen LogP contribution in [0.5, 0.6) is 0 Å². The predicted octanol–water partition coefficient (Wildman–Crippen LogP) is 3.01. The monoisotopic (exact) mass is 273 g/mol. The van der Waals surface area contributed by atoms with E-state index in [1.165, 1.54) is 11.3 Å². The van der Waals surface area contributed by atoms with Crippen LogP contribution in [0.2, 0.25) is 4.34 Å². The lowest BCUT2D eigenvalue weighted by atomic mass is 9.99. The molecule has 0 aliphatic carbocycles. The Morgan fingerprint density at radius 2 is 2.24 bits per heavy atom. The molecular formula is C12H16ClNO2S. The zero-order valence-electron chi connectivity index (χ0n) is 9.74. The van der Waals surface area contributed by atoms with Gasteiger partial charge in [0.2, 0.25) is 5.91 Å². The van der Waals surface area contributed by atoms with E-state index in [1.807, 2.05) is 19.1 Å². The zero-order chi connectivity index (χ0) is 12.3. The molecule has 1 aliphatic rings. The van der Waals surface area contributed by atoms with Gasteiger partial charge in [-0.15, -0.1) is 11.3 Å². The van der Waals surface area contributed by atoms with E-state index in [9.17, 15) is 4.79 Å². The van der Waals surface area contributed by atoms with Crippen molar-refractivity contribution >= 4 is 28.8 Å². The van der Waals surface area contributed by atoms with Crippen molar-refractivity contribution < 1.29 is 9.53 Å². The van der Waals surface area contributed by atoms with Gasteiger partial charge in [0.25, 0.3) is 0 Å². The van der Waals surface area contributed by atoms with Gasteiger partial charge in [0, 0.05) is 24.0 Å². The van der Waals surface area contributed by atoms with Gasteiger partial charge in [0.1, 0.15) is 0 Å². The van der Waals surface area contributed by atoms with Crippen LogP contribution >= 0.6 is 22.9 Å². The summed E-state index contributed by atoms with van der Waals surface area (Å²) in [4.78, 5) is 13.1.